The van der Waals surface area contributed by atoms with Crippen LogP contribution in [0.5, 0.6) is 0 Å². The van der Waals surface area contributed by atoms with E-state index in [9.17, 15) is 0 Å². The molecule has 1 aromatic heterocycles. The molecule has 0 radical (unpaired) electrons. The summed E-state index contributed by atoms with van der Waals surface area (Å²) < 4.78 is 5.37. The van der Waals surface area contributed by atoms with Crippen LogP contribution in [0.25, 0.3) is 0 Å². The lowest BCUT2D eigenvalue weighted by atomic mass is 10.1. The number of hydrogen-bond acceptors (Lipinski definition) is 3. The van der Waals surface area contributed by atoms with Gasteiger partial charge in [-0.1, -0.05) is 0 Å². The first-order valence-electron chi connectivity index (χ1n) is 6.10. The lowest BCUT2D eigenvalue weighted by Crippen LogP contribution is -2.32. The maximum atomic E-state index is 5.37. The second-order valence-corrected chi connectivity index (χ2v) is 6.13. The summed E-state index contributed by atoms with van der Waals surface area (Å²) in [6, 6.07) is 5.02. The Labute approximate surface area is 102 Å². The first-order valence-corrected chi connectivity index (χ1v) is 6.92. The van der Waals surface area contributed by atoms with Crippen LogP contribution in [0, 0.1) is 12.8 Å². The molecule has 0 aliphatic carbocycles. The molecule has 0 saturated carbocycles. The molecule has 2 atom stereocenters. The van der Waals surface area contributed by atoms with Crippen LogP contribution in [-0.4, -0.2) is 25.8 Å². The van der Waals surface area contributed by atoms with Crippen molar-refractivity contribution in [2.24, 2.45) is 5.92 Å². The average molecular weight is 239 g/mol. The number of ether oxygens (including phenoxy) is 1. The molecule has 0 bridgehead atoms. The summed E-state index contributed by atoms with van der Waals surface area (Å²) in [5.41, 5.74) is 0. The average Bonchev–Trinajstić information content (AvgIpc) is 2.87. The van der Waals surface area contributed by atoms with Gasteiger partial charge in [0.25, 0.3) is 0 Å². The van der Waals surface area contributed by atoms with E-state index in [2.05, 4.69) is 31.3 Å². The normalized spacial score (nSPS) is 22.5. The van der Waals surface area contributed by atoms with Crippen LogP contribution >= 0.6 is 11.3 Å². The number of rotatable bonds is 5. The van der Waals surface area contributed by atoms with Crippen molar-refractivity contribution in [3.05, 3.63) is 21.9 Å². The monoisotopic (exact) mass is 239 g/mol. The molecular weight excluding hydrogens is 218 g/mol. The molecule has 2 unspecified atom stereocenters. The Hall–Kier alpha value is -0.380. The van der Waals surface area contributed by atoms with E-state index < -0.39 is 0 Å². The Balaban J connectivity index is 1.69. The van der Waals surface area contributed by atoms with E-state index in [0.717, 1.165) is 32.1 Å². The van der Waals surface area contributed by atoms with Gasteiger partial charge in [0, 0.05) is 28.9 Å². The quantitative estimate of drug-likeness (QED) is 0.853. The molecule has 0 spiro atoms. The fourth-order valence-corrected chi connectivity index (χ4v) is 3.10. The van der Waals surface area contributed by atoms with Crippen LogP contribution in [0.1, 0.15) is 23.1 Å². The summed E-state index contributed by atoms with van der Waals surface area (Å²) in [6.07, 6.45) is 2.36. The number of aryl methyl sites for hydroxylation is 1. The SMILES string of the molecule is Cc1ccc(CC(C)NCC2CCOC2)s1. The minimum absolute atomic E-state index is 0.568. The van der Waals surface area contributed by atoms with E-state index in [-0.39, 0.29) is 0 Å². The van der Waals surface area contributed by atoms with Crippen molar-refractivity contribution in [1.29, 1.82) is 0 Å². The van der Waals surface area contributed by atoms with Crippen LogP contribution in [0.2, 0.25) is 0 Å². The Kier molecular flexibility index (Phi) is 4.38. The number of thiophene rings is 1. The Morgan fingerprint density at radius 3 is 3.06 bits per heavy atom. The molecule has 1 N–H and O–H groups in total. The third kappa shape index (κ3) is 3.58. The van der Waals surface area contributed by atoms with Crippen molar-refractivity contribution in [3.63, 3.8) is 0 Å². The molecule has 0 amide bonds. The van der Waals surface area contributed by atoms with Gasteiger partial charge in [0.15, 0.2) is 0 Å². The standard InChI is InChI=1S/C13H21NOS/c1-10(7-13-4-3-11(2)16-13)14-8-12-5-6-15-9-12/h3-4,10,12,14H,5-9H2,1-2H3. The summed E-state index contributed by atoms with van der Waals surface area (Å²) >= 11 is 1.91. The molecule has 1 saturated heterocycles. The summed E-state index contributed by atoms with van der Waals surface area (Å²) in [6.45, 7) is 7.43. The lowest BCUT2D eigenvalue weighted by Gasteiger charge is -2.15. The summed E-state index contributed by atoms with van der Waals surface area (Å²) in [5, 5.41) is 3.61. The van der Waals surface area contributed by atoms with Gasteiger partial charge in [-0.3, -0.25) is 0 Å². The first kappa shape index (κ1) is 12.1. The van der Waals surface area contributed by atoms with Gasteiger partial charge in [0.05, 0.1) is 6.61 Å². The highest BCUT2D eigenvalue weighted by Gasteiger charge is 2.16. The van der Waals surface area contributed by atoms with Gasteiger partial charge in [-0.05, 0) is 44.7 Å². The highest BCUT2D eigenvalue weighted by atomic mass is 32.1. The van der Waals surface area contributed by atoms with Gasteiger partial charge in [-0.15, -0.1) is 11.3 Å². The number of hydrogen-bond donors (Lipinski definition) is 1. The molecule has 1 fully saturated rings. The van der Waals surface area contributed by atoms with Crippen LogP contribution in [-0.2, 0) is 11.2 Å². The summed E-state index contributed by atoms with van der Waals surface area (Å²) in [5.74, 6) is 0.729. The zero-order valence-corrected chi connectivity index (χ0v) is 11.0. The Bertz CT molecular complexity index is 317. The Morgan fingerprint density at radius 1 is 1.56 bits per heavy atom. The maximum Gasteiger partial charge on any atom is 0.0507 e. The van der Waals surface area contributed by atoms with Crippen molar-refractivity contribution < 1.29 is 4.74 Å². The van der Waals surface area contributed by atoms with E-state index >= 15 is 0 Å². The predicted octanol–water partition coefficient (Wildman–Crippen LogP) is 2.61. The van der Waals surface area contributed by atoms with Crippen LogP contribution in [0.4, 0.5) is 0 Å². The predicted molar refractivity (Wildman–Crippen MR) is 69.2 cm³/mol. The smallest absolute Gasteiger partial charge is 0.0507 e. The molecule has 3 heteroatoms. The van der Waals surface area contributed by atoms with E-state index in [0.29, 0.717) is 6.04 Å². The molecule has 0 aromatic carbocycles. The van der Waals surface area contributed by atoms with E-state index in [4.69, 9.17) is 4.74 Å². The maximum absolute atomic E-state index is 5.37. The topological polar surface area (TPSA) is 21.3 Å². The third-order valence-corrected chi connectivity index (χ3v) is 4.11. The summed E-state index contributed by atoms with van der Waals surface area (Å²) in [4.78, 5) is 2.89. The van der Waals surface area contributed by atoms with Crippen LogP contribution < -0.4 is 5.32 Å². The second kappa shape index (κ2) is 5.80. The fraction of sp³-hybridized carbons (Fsp3) is 0.692. The second-order valence-electron chi connectivity index (χ2n) is 4.76. The fourth-order valence-electron chi connectivity index (χ4n) is 2.08. The molecule has 16 heavy (non-hydrogen) atoms. The van der Waals surface area contributed by atoms with Gasteiger partial charge < -0.3 is 10.1 Å². The van der Waals surface area contributed by atoms with E-state index in [1.165, 1.54) is 16.2 Å². The van der Waals surface area contributed by atoms with Crippen molar-refractivity contribution in [3.8, 4) is 0 Å². The third-order valence-electron chi connectivity index (χ3n) is 3.08. The summed E-state index contributed by atoms with van der Waals surface area (Å²) in [7, 11) is 0. The van der Waals surface area contributed by atoms with Crippen molar-refractivity contribution >= 4 is 11.3 Å². The van der Waals surface area contributed by atoms with Crippen molar-refractivity contribution in [2.45, 2.75) is 32.7 Å². The van der Waals surface area contributed by atoms with Crippen molar-refractivity contribution in [1.82, 2.24) is 5.32 Å². The van der Waals surface area contributed by atoms with Gasteiger partial charge in [0.2, 0.25) is 0 Å². The molecule has 1 aliphatic rings. The minimum atomic E-state index is 0.568. The van der Waals surface area contributed by atoms with Gasteiger partial charge >= 0.3 is 0 Å². The molecule has 2 rings (SSSR count). The molecular formula is C13H21NOS. The zero-order chi connectivity index (χ0) is 11.4. The molecule has 90 valence electrons. The van der Waals surface area contributed by atoms with Gasteiger partial charge in [-0.25, -0.2) is 0 Å². The highest BCUT2D eigenvalue weighted by Crippen LogP contribution is 2.17. The van der Waals surface area contributed by atoms with Gasteiger partial charge in [-0.2, -0.15) is 0 Å². The number of nitrogens with one attached hydrogen (secondary N) is 1. The van der Waals surface area contributed by atoms with Crippen LogP contribution in [0.3, 0.4) is 0 Å². The Morgan fingerprint density at radius 2 is 2.44 bits per heavy atom. The first-order chi connectivity index (χ1) is 7.74. The zero-order valence-electron chi connectivity index (χ0n) is 10.2. The van der Waals surface area contributed by atoms with Crippen LogP contribution in [0.15, 0.2) is 12.1 Å². The molecule has 1 aliphatic heterocycles. The van der Waals surface area contributed by atoms with Crippen molar-refractivity contribution in [2.75, 3.05) is 19.8 Å². The minimum Gasteiger partial charge on any atom is -0.381 e. The van der Waals surface area contributed by atoms with E-state index in [1.54, 1.807) is 0 Å². The lowest BCUT2D eigenvalue weighted by molar-refractivity contribution is 0.184. The highest BCUT2D eigenvalue weighted by molar-refractivity contribution is 7.11. The molecule has 2 nitrogen and oxygen atoms in total. The molecule has 2 heterocycles. The van der Waals surface area contributed by atoms with E-state index in [1.807, 2.05) is 11.3 Å². The largest absolute Gasteiger partial charge is 0.381 e. The van der Waals surface area contributed by atoms with Gasteiger partial charge in [0.1, 0.15) is 0 Å². The molecule has 1 aromatic rings.